The van der Waals surface area contributed by atoms with Gasteiger partial charge in [-0.2, -0.15) is 13.2 Å². The van der Waals surface area contributed by atoms with Crippen molar-refractivity contribution < 1.29 is 17.6 Å². The van der Waals surface area contributed by atoms with E-state index in [0.717, 1.165) is 18.2 Å². The van der Waals surface area contributed by atoms with Crippen molar-refractivity contribution in [3.63, 3.8) is 0 Å². The van der Waals surface area contributed by atoms with Crippen LogP contribution in [0.25, 0.3) is 22.4 Å². The molecule has 3 aromatic rings. The molecule has 0 radical (unpaired) electrons. The van der Waals surface area contributed by atoms with Crippen molar-refractivity contribution in [3.8, 4) is 11.4 Å². The molecule has 2 aromatic carbocycles. The molecule has 0 saturated heterocycles. The summed E-state index contributed by atoms with van der Waals surface area (Å²) in [5.41, 5.74) is 6.13. The van der Waals surface area contributed by atoms with Crippen LogP contribution in [0, 0.1) is 5.82 Å². The van der Waals surface area contributed by atoms with Crippen molar-refractivity contribution in [1.82, 2.24) is 9.97 Å². The molecule has 0 saturated carbocycles. The maximum atomic E-state index is 13.0. The van der Waals surface area contributed by atoms with Gasteiger partial charge in [-0.25, -0.2) is 9.37 Å². The summed E-state index contributed by atoms with van der Waals surface area (Å²) in [6.45, 7) is 0. The van der Waals surface area contributed by atoms with Crippen LogP contribution in [0.4, 0.5) is 23.2 Å². The lowest BCUT2D eigenvalue weighted by Crippen LogP contribution is -2.04. The number of nitrogen functional groups attached to an aromatic ring is 1. The van der Waals surface area contributed by atoms with E-state index in [1.54, 1.807) is 0 Å². The number of H-pyrrole nitrogens is 1. The highest BCUT2D eigenvalue weighted by Crippen LogP contribution is 2.32. The molecule has 0 aliphatic rings. The minimum atomic E-state index is -4.42. The Morgan fingerprint density at radius 2 is 1.81 bits per heavy atom. The second-order valence-electron chi connectivity index (χ2n) is 4.55. The van der Waals surface area contributed by atoms with E-state index in [1.165, 1.54) is 18.2 Å². The summed E-state index contributed by atoms with van der Waals surface area (Å²) < 4.78 is 51.0. The molecule has 0 fully saturated rings. The van der Waals surface area contributed by atoms with Gasteiger partial charge >= 0.3 is 6.18 Å². The van der Waals surface area contributed by atoms with E-state index >= 15 is 0 Å². The maximum absolute atomic E-state index is 13.0. The Kier molecular flexibility index (Phi) is 2.86. The number of hydrogen-bond acceptors (Lipinski definition) is 2. The number of hydrogen-bond donors (Lipinski definition) is 2. The molecule has 0 aliphatic carbocycles. The highest BCUT2D eigenvalue weighted by molar-refractivity contribution is 5.83. The van der Waals surface area contributed by atoms with Crippen LogP contribution in [0.1, 0.15) is 5.56 Å². The molecule has 0 atom stereocenters. The summed E-state index contributed by atoms with van der Waals surface area (Å²) in [5.74, 6) is -0.200. The van der Waals surface area contributed by atoms with Gasteiger partial charge in [0, 0.05) is 11.3 Å². The fourth-order valence-corrected chi connectivity index (χ4v) is 2.06. The van der Waals surface area contributed by atoms with E-state index in [4.69, 9.17) is 5.73 Å². The third-order valence-corrected chi connectivity index (χ3v) is 3.08. The number of imidazole rings is 1. The molecule has 3 N–H and O–H groups in total. The minimum absolute atomic E-state index is 0.158. The van der Waals surface area contributed by atoms with Crippen molar-refractivity contribution >= 4 is 16.7 Å². The zero-order chi connectivity index (χ0) is 15.2. The van der Waals surface area contributed by atoms with Gasteiger partial charge in [0.25, 0.3) is 0 Å². The number of benzene rings is 2. The number of rotatable bonds is 1. The van der Waals surface area contributed by atoms with E-state index in [0.29, 0.717) is 16.9 Å². The van der Waals surface area contributed by atoms with Gasteiger partial charge in [-0.1, -0.05) is 0 Å². The van der Waals surface area contributed by atoms with Gasteiger partial charge in [0.2, 0.25) is 0 Å². The van der Waals surface area contributed by atoms with E-state index in [1.807, 2.05) is 0 Å². The second-order valence-corrected chi connectivity index (χ2v) is 4.55. The number of fused-ring (bicyclic) bond motifs is 1. The number of halogens is 4. The highest BCUT2D eigenvalue weighted by atomic mass is 19.4. The zero-order valence-corrected chi connectivity index (χ0v) is 10.5. The van der Waals surface area contributed by atoms with E-state index in [-0.39, 0.29) is 11.2 Å². The molecule has 0 aliphatic heterocycles. The Morgan fingerprint density at radius 3 is 2.48 bits per heavy atom. The topological polar surface area (TPSA) is 54.7 Å². The Labute approximate surface area is 116 Å². The zero-order valence-electron chi connectivity index (χ0n) is 10.5. The third-order valence-electron chi connectivity index (χ3n) is 3.08. The van der Waals surface area contributed by atoms with Crippen LogP contribution in [0.15, 0.2) is 36.4 Å². The Hall–Kier alpha value is -2.57. The van der Waals surface area contributed by atoms with E-state index < -0.39 is 17.6 Å². The van der Waals surface area contributed by atoms with Crippen LogP contribution in [-0.2, 0) is 6.18 Å². The van der Waals surface area contributed by atoms with Crippen LogP contribution < -0.4 is 5.73 Å². The number of nitrogens with two attached hydrogens (primary N) is 1. The van der Waals surface area contributed by atoms with Gasteiger partial charge in [0.05, 0.1) is 16.6 Å². The summed E-state index contributed by atoms with van der Waals surface area (Å²) in [4.78, 5) is 6.94. The largest absolute Gasteiger partial charge is 0.416 e. The lowest BCUT2D eigenvalue weighted by molar-refractivity contribution is -0.137. The van der Waals surface area contributed by atoms with Crippen LogP contribution in [0.2, 0.25) is 0 Å². The number of aromatic nitrogens is 2. The Morgan fingerprint density at radius 1 is 1.05 bits per heavy atom. The molecule has 3 nitrogen and oxygen atoms in total. The number of nitrogens with zero attached hydrogens (tertiary/aromatic N) is 1. The normalized spacial score (nSPS) is 12.0. The molecule has 0 amide bonds. The Bertz CT molecular complexity index is 821. The molecule has 7 heteroatoms. The molecule has 0 bridgehead atoms. The molecule has 1 heterocycles. The first-order chi connectivity index (χ1) is 9.84. The average molecular weight is 295 g/mol. The lowest BCUT2D eigenvalue weighted by atomic mass is 10.1. The molecule has 0 unspecified atom stereocenters. The van der Waals surface area contributed by atoms with Crippen LogP contribution in [0.3, 0.4) is 0 Å². The first-order valence-corrected chi connectivity index (χ1v) is 5.97. The third kappa shape index (κ3) is 2.42. The fourth-order valence-electron chi connectivity index (χ4n) is 2.06. The van der Waals surface area contributed by atoms with Crippen LogP contribution >= 0.6 is 0 Å². The predicted octanol–water partition coefficient (Wildman–Crippen LogP) is 3.97. The molecular formula is C14H9F4N3. The van der Waals surface area contributed by atoms with Gasteiger partial charge < -0.3 is 10.7 Å². The second kappa shape index (κ2) is 4.47. The summed E-state index contributed by atoms with van der Waals surface area (Å²) in [5, 5.41) is 0. The fraction of sp³-hybridized carbons (Fsp3) is 0.0714. The highest BCUT2D eigenvalue weighted by Gasteiger charge is 2.30. The van der Waals surface area contributed by atoms with Crippen LogP contribution in [-0.4, -0.2) is 9.97 Å². The van der Waals surface area contributed by atoms with Crippen molar-refractivity contribution in [1.29, 1.82) is 0 Å². The lowest BCUT2D eigenvalue weighted by Gasteiger charge is -2.05. The monoisotopic (exact) mass is 295 g/mol. The van der Waals surface area contributed by atoms with Gasteiger partial charge in [-0.05, 0) is 36.4 Å². The van der Waals surface area contributed by atoms with Gasteiger partial charge in [0.15, 0.2) is 0 Å². The molecule has 0 spiro atoms. The van der Waals surface area contributed by atoms with E-state index in [9.17, 15) is 17.6 Å². The van der Waals surface area contributed by atoms with Crippen molar-refractivity contribution in [2.24, 2.45) is 0 Å². The SMILES string of the molecule is Nc1cc(F)ccc1-c1nc2ccc(C(F)(F)F)cc2[nH]1. The smallest absolute Gasteiger partial charge is 0.398 e. The summed E-state index contributed by atoms with van der Waals surface area (Å²) >= 11 is 0. The molecule has 21 heavy (non-hydrogen) atoms. The van der Waals surface area contributed by atoms with Crippen LogP contribution in [0.5, 0.6) is 0 Å². The van der Waals surface area contributed by atoms with E-state index in [2.05, 4.69) is 9.97 Å². The number of aromatic amines is 1. The summed E-state index contributed by atoms with van der Waals surface area (Å²) in [6.07, 6.45) is -4.42. The Balaban J connectivity index is 2.13. The number of nitrogens with one attached hydrogen (secondary N) is 1. The molecule has 3 rings (SSSR count). The summed E-state index contributed by atoms with van der Waals surface area (Å²) in [6, 6.07) is 6.97. The van der Waals surface area contributed by atoms with Crippen molar-refractivity contribution in [2.75, 3.05) is 5.73 Å². The number of anilines is 1. The first kappa shape index (κ1) is 13.4. The number of alkyl halides is 3. The maximum Gasteiger partial charge on any atom is 0.416 e. The predicted molar refractivity (Wildman–Crippen MR) is 70.9 cm³/mol. The van der Waals surface area contributed by atoms with Crippen molar-refractivity contribution in [2.45, 2.75) is 6.18 Å². The van der Waals surface area contributed by atoms with Gasteiger partial charge in [-0.3, -0.25) is 0 Å². The van der Waals surface area contributed by atoms with Gasteiger partial charge in [-0.15, -0.1) is 0 Å². The molecule has 108 valence electrons. The summed E-state index contributed by atoms with van der Waals surface area (Å²) in [7, 11) is 0. The quantitative estimate of drug-likeness (QED) is 0.527. The molecule has 1 aromatic heterocycles. The first-order valence-electron chi connectivity index (χ1n) is 5.97. The van der Waals surface area contributed by atoms with Gasteiger partial charge in [0.1, 0.15) is 11.6 Å². The average Bonchev–Trinajstić information content (AvgIpc) is 2.79. The molecular weight excluding hydrogens is 286 g/mol. The minimum Gasteiger partial charge on any atom is -0.398 e. The van der Waals surface area contributed by atoms with Crippen molar-refractivity contribution in [3.05, 3.63) is 47.8 Å². The standard InChI is InChI=1S/C14H9F4N3/c15-8-2-3-9(10(19)6-8)13-20-11-4-1-7(14(16,17)18)5-12(11)21-13/h1-6H,19H2,(H,20,21).